The van der Waals surface area contributed by atoms with E-state index in [4.69, 9.17) is 21.1 Å². The lowest BCUT2D eigenvalue weighted by Gasteiger charge is -2.09. The number of ether oxygens (including phenoxy) is 2. The van der Waals surface area contributed by atoms with Gasteiger partial charge in [-0.25, -0.2) is 9.78 Å². The zero-order valence-electron chi connectivity index (χ0n) is 14.4. The summed E-state index contributed by atoms with van der Waals surface area (Å²) >= 11 is 6.00. The molecule has 0 fully saturated rings. The predicted molar refractivity (Wildman–Crippen MR) is 101 cm³/mol. The van der Waals surface area contributed by atoms with Crippen molar-refractivity contribution in [2.24, 2.45) is 0 Å². The number of amides is 1. The summed E-state index contributed by atoms with van der Waals surface area (Å²) in [5, 5.41) is 2.96. The highest BCUT2D eigenvalue weighted by Crippen LogP contribution is 2.27. The van der Waals surface area contributed by atoms with Crippen molar-refractivity contribution in [3.05, 3.63) is 65.4 Å². The Morgan fingerprint density at radius 3 is 2.59 bits per heavy atom. The van der Waals surface area contributed by atoms with Gasteiger partial charge in [-0.05, 0) is 30.3 Å². The van der Waals surface area contributed by atoms with Crippen LogP contribution in [0.3, 0.4) is 0 Å². The Kier molecular flexibility index (Phi) is 5.73. The average molecular weight is 386 g/mol. The van der Waals surface area contributed by atoms with Crippen LogP contribution in [0.15, 0.2) is 54.9 Å². The summed E-state index contributed by atoms with van der Waals surface area (Å²) in [6, 6.07) is 11.5. The van der Waals surface area contributed by atoms with E-state index in [-0.39, 0.29) is 0 Å². The zero-order chi connectivity index (χ0) is 19.2. The lowest BCUT2D eigenvalue weighted by Crippen LogP contribution is -2.20. The quantitative estimate of drug-likeness (QED) is 0.633. The van der Waals surface area contributed by atoms with Crippen LogP contribution in [0.5, 0.6) is 5.75 Å². The van der Waals surface area contributed by atoms with Gasteiger partial charge in [-0.2, -0.15) is 0 Å². The molecule has 0 unspecified atom stereocenters. The number of esters is 1. The molecule has 1 aromatic heterocycles. The molecule has 2 N–H and O–H groups in total. The Labute approximate surface area is 160 Å². The molecule has 1 heterocycles. The summed E-state index contributed by atoms with van der Waals surface area (Å²) in [7, 11) is 1.50. The number of nitrogens with zero attached hydrogens (tertiary/aromatic N) is 1. The lowest BCUT2D eigenvalue weighted by atomic mass is 10.1. The Morgan fingerprint density at radius 2 is 1.96 bits per heavy atom. The van der Waals surface area contributed by atoms with E-state index in [0.717, 1.165) is 5.56 Å². The summed E-state index contributed by atoms with van der Waals surface area (Å²) in [5.41, 5.74) is 1.65. The summed E-state index contributed by atoms with van der Waals surface area (Å²) in [5.74, 6) is 0.132. The van der Waals surface area contributed by atoms with Crippen molar-refractivity contribution in [3.8, 4) is 17.1 Å². The second-order valence-corrected chi connectivity index (χ2v) is 5.90. The molecule has 0 radical (unpaired) electrons. The van der Waals surface area contributed by atoms with E-state index in [1.807, 2.05) is 0 Å². The predicted octanol–water partition coefficient (Wildman–Crippen LogP) is 3.53. The van der Waals surface area contributed by atoms with Crippen molar-refractivity contribution in [2.45, 2.75) is 0 Å². The molecule has 1 amide bonds. The fourth-order valence-corrected chi connectivity index (χ4v) is 2.60. The third-order valence-corrected chi connectivity index (χ3v) is 3.96. The highest BCUT2D eigenvalue weighted by atomic mass is 35.5. The van der Waals surface area contributed by atoms with Gasteiger partial charge in [-0.3, -0.25) is 4.79 Å². The lowest BCUT2D eigenvalue weighted by molar-refractivity contribution is -0.119. The number of H-pyrrole nitrogens is 1. The number of carbonyl (C=O) groups is 2. The van der Waals surface area contributed by atoms with Crippen LogP contribution in [0, 0.1) is 0 Å². The van der Waals surface area contributed by atoms with Gasteiger partial charge in [0.05, 0.1) is 17.7 Å². The fourth-order valence-electron chi connectivity index (χ4n) is 2.34. The van der Waals surface area contributed by atoms with Gasteiger partial charge in [-0.15, -0.1) is 0 Å². The number of aromatic amines is 1. The molecule has 0 aliphatic rings. The minimum atomic E-state index is -0.594. The van der Waals surface area contributed by atoms with E-state index in [0.29, 0.717) is 27.8 Å². The van der Waals surface area contributed by atoms with E-state index in [1.54, 1.807) is 54.9 Å². The average Bonchev–Trinajstić information content (AvgIpc) is 3.21. The van der Waals surface area contributed by atoms with Gasteiger partial charge in [0, 0.05) is 23.6 Å². The van der Waals surface area contributed by atoms with Gasteiger partial charge in [0.15, 0.2) is 6.61 Å². The molecule has 2 aromatic carbocycles. The second kappa shape index (κ2) is 8.37. The first-order valence-corrected chi connectivity index (χ1v) is 8.35. The molecule has 138 valence electrons. The molecule has 8 heteroatoms. The molecule has 0 saturated heterocycles. The first kappa shape index (κ1) is 18.5. The minimum absolute atomic E-state index is 0.339. The number of hydrogen-bond acceptors (Lipinski definition) is 5. The van der Waals surface area contributed by atoms with Gasteiger partial charge in [0.25, 0.3) is 5.91 Å². The van der Waals surface area contributed by atoms with Crippen LogP contribution in [-0.2, 0) is 9.53 Å². The topological polar surface area (TPSA) is 93.3 Å². The number of hydrogen-bond donors (Lipinski definition) is 2. The molecule has 3 rings (SSSR count). The number of benzene rings is 2. The molecule has 0 atom stereocenters. The molecule has 0 aliphatic heterocycles. The molecule has 0 spiro atoms. The molecule has 7 nitrogen and oxygen atoms in total. The maximum Gasteiger partial charge on any atom is 0.338 e. The van der Waals surface area contributed by atoms with Crippen LogP contribution in [0.25, 0.3) is 11.4 Å². The van der Waals surface area contributed by atoms with Crippen LogP contribution < -0.4 is 10.1 Å². The third kappa shape index (κ3) is 4.65. The standard InChI is InChI=1S/C19H16ClN3O4/c1-26-16-7-6-14(10-15(16)20)23-17(24)11-27-19(25)13-4-2-12(3-5-13)18-21-8-9-22-18/h2-10H,11H2,1H3,(H,21,22)(H,23,24). The van der Waals surface area contributed by atoms with Crippen molar-refractivity contribution in [1.82, 2.24) is 9.97 Å². The number of anilines is 1. The molecule has 0 aliphatic carbocycles. The largest absolute Gasteiger partial charge is 0.495 e. The van der Waals surface area contributed by atoms with Crippen molar-refractivity contribution in [2.75, 3.05) is 19.0 Å². The van der Waals surface area contributed by atoms with Crippen LogP contribution in [0.4, 0.5) is 5.69 Å². The molecule has 0 bridgehead atoms. The Hall–Kier alpha value is -3.32. The van der Waals surface area contributed by atoms with Crippen LogP contribution in [0.1, 0.15) is 10.4 Å². The summed E-state index contributed by atoms with van der Waals surface area (Å²) in [4.78, 5) is 31.1. The minimum Gasteiger partial charge on any atom is -0.495 e. The first-order valence-electron chi connectivity index (χ1n) is 7.97. The van der Waals surface area contributed by atoms with E-state index in [2.05, 4.69) is 15.3 Å². The molecule has 27 heavy (non-hydrogen) atoms. The fraction of sp³-hybridized carbons (Fsp3) is 0.105. The monoisotopic (exact) mass is 385 g/mol. The van der Waals surface area contributed by atoms with Gasteiger partial charge >= 0.3 is 5.97 Å². The highest BCUT2D eigenvalue weighted by Gasteiger charge is 2.12. The molecular formula is C19H16ClN3O4. The van der Waals surface area contributed by atoms with Crippen LogP contribution >= 0.6 is 11.6 Å². The van der Waals surface area contributed by atoms with E-state index < -0.39 is 18.5 Å². The van der Waals surface area contributed by atoms with Crippen molar-refractivity contribution < 1.29 is 19.1 Å². The number of halogens is 1. The number of nitrogens with one attached hydrogen (secondary N) is 2. The molecule has 0 saturated carbocycles. The molecule has 3 aromatic rings. The highest BCUT2D eigenvalue weighted by molar-refractivity contribution is 6.32. The Balaban J connectivity index is 1.54. The summed E-state index contributed by atoms with van der Waals surface area (Å²) < 4.78 is 10.1. The van der Waals surface area contributed by atoms with Crippen molar-refractivity contribution in [3.63, 3.8) is 0 Å². The number of methoxy groups -OCH3 is 1. The molecular weight excluding hydrogens is 370 g/mol. The number of imidazole rings is 1. The normalized spacial score (nSPS) is 10.3. The number of carbonyl (C=O) groups excluding carboxylic acids is 2. The van der Waals surface area contributed by atoms with Gasteiger partial charge in [0.2, 0.25) is 0 Å². The van der Waals surface area contributed by atoms with Gasteiger partial charge < -0.3 is 19.8 Å². The second-order valence-electron chi connectivity index (χ2n) is 5.49. The number of aromatic nitrogens is 2. The maximum absolute atomic E-state index is 12.1. The van der Waals surface area contributed by atoms with Crippen LogP contribution in [0.2, 0.25) is 5.02 Å². The Bertz CT molecular complexity index is 940. The van der Waals surface area contributed by atoms with E-state index in [1.165, 1.54) is 7.11 Å². The van der Waals surface area contributed by atoms with Crippen molar-refractivity contribution >= 4 is 29.2 Å². The van der Waals surface area contributed by atoms with Crippen molar-refractivity contribution in [1.29, 1.82) is 0 Å². The smallest absolute Gasteiger partial charge is 0.338 e. The van der Waals surface area contributed by atoms with Gasteiger partial charge in [0.1, 0.15) is 11.6 Å². The van der Waals surface area contributed by atoms with E-state index in [9.17, 15) is 9.59 Å². The van der Waals surface area contributed by atoms with Gasteiger partial charge in [-0.1, -0.05) is 23.7 Å². The third-order valence-electron chi connectivity index (χ3n) is 3.66. The maximum atomic E-state index is 12.1. The summed E-state index contributed by atoms with van der Waals surface area (Å²) in [6.07, 6.45) is 3.36. The SMILES string of the molecule is COc1ccc(NC(=O)COC(=O)c2ccc(-c3ncc[nH]3)cc2)cc1Cl. The summed E-state index contributed by atoms with van der Waals surface area (Å²) in [6.45, 7) is -0.414. The Morgan fingerprint density at radius 1 is 1.19 bits per heavy atom. The van der Waals surface area contributed by atoms with E-state index >= 15 is 0 Å². The number of rotatable bonds is 6. The van der Waals surface area contributed by atoms with Crippen LogP contribution in [-0.4, -0.2) is 35.6 Å². The first-order chi connectivity index (χ1) is 13.1. The zero-order valence-corrected chi connectivity index (χ0v) is 15.1.